The van der Waals surface area contributed by atoms with Crippen LogP contribution in [0.1, 0.15) is 29.9 Å². The molecule has 21 heavy (non-hydrogen) atoms. The number of aliphatic carboxylic acids is 1. The lowest BCUT2D eigenvalue weighted by molar-refractivity contribution is -0.131. The van der Waals surface area contributed by atoms with Crippen molar-refractivity contribution >= 4 is 29.7 Å². The predicted molar refractivity (Wildman–Crippen MR) is 83.3 cm³/mol. The number of carboxylic acids is 1. The summed E-state index contributed by atoms with van der Waals surface area (Å²) in [5.74, 6) is -1.08. The van der Waals surface area contributed by atoms with E-state index in [-0.39, 0.29) is 5.91 Å². The summed E-state index contributed by atoms with van der Waals surface area (Å²) in [6, 6.07) is 3.34. The molecule has 1 amide bonds. The van der Waals surface area contributed by atoms with Gasteiger partial charge in [0, 0.05) is 35.9 Å². The van der Waals surface area contributed by atoms with E-state index in [0.717, 1.165) is 19.2 Å². The predicted octanol–water partition coefficient (Wildman–Crippen LogP) is 2.15. The van der Waals surface area contributed by atoms with Gasteiger partial charge in [-0.3, -0.25) is 9.78 Å². The second-order valence-electron chi connectivity index (χ2n) is 5.12. The standard InChI is InChI=1S/C15H18N2O3S/c1-10-8-17(9-11(2)21-10)15(20)13-5-3-12(7-16-13)4-6-14(18)19/h3-7,10-11H,8-9H2,1-2H3,(H,18,19). The van der Waals surface area contributed by atoms with E-state index in [1.165, 1.54) is 12.3 Å². The van der Waals surface area contributed by atoms with Crippen molar-refractivity contribution in [2.45, 2.75) is 24.3 Å². The lowest BCUT2D eigenvalue weighted by Crippen LogP contribution is -2.44. The van der Waals surface area contributed by atoms with Crippen LogP contribution in [0.2, 0.25) is 0 Å². The molecule has 0 aromatic carbocycles. The highest BCUT2D eigenvalue weighted by molar-refractivity contribution is 8.00. The molecule has 0 aliphatic carbocycles. The molecule has 1 N–H and O–H groups in total. The lowest BCUT2D eigenvalue weighted by atomic mass is 10.2. The molecule has 2 unspecified atom stereocenters. The first kappa shape index (κ1) is 15.6. The molecule has 1 aliphatic rings. The Labute approximate surface area is 128 Å². The molecule has 1 aromatic heterocycles. The Balaban J connectivity index is 2.07. The SMILES string of the molecule is CC1CN(C(=O)c2ccc(C=CC(=O)O)cn2)CC(C)S1. The van der Waals surface area contributed by atoms with Crippen molar-refractivity contribution in [3.63, 3.8) is 0 Å². The maximum Gasteiger partial charge on any atom is 0.328 e. The van der Waals surface area contributed by atoms with E-state index >= 15 is 0 Å². The van der Waals surface area contributed by atoms with Gasteiger partial charge in [0.25, 0.3) is 5.91 Å². The normalized spacial score (nSPS) is 22.5. The highest BCUT2D eigenvalue weighted by atomic mass is 32.2. The first-order valence-corrected chi connectivity index (χ1v) is 7.72. The third-order valence-corrected chi connectivity index (χ3v) is 4.36. The summed E-state index contributed by atoms with van der Waals surface area (Å²) in [6.45, 7) is 5.70. The summed E-state index contributed by atoms with van der Waals surface area (Å²) in [4.78, 5) is 28.8. The van der Waals surface area contributed by atoms with Crippen LogP contribution in [0.25, 0.3) is 6.08 Å². The number of amides is 1. The zero-order chi connectivity index (χ0) is 15.4. The van der Waals surface area contributed by atoms with Crippen molar-refractivity contribution in [2.24, 2.45) is 0 Å². The summed E-state index contributed by atoms with van der Waals surface area (Å²) in [5.41, 5.74) is 1.05. The summed E-state index contributed by atoms with van der Waals surface area (Å²) >= 11 is 1.89. The number of nitrogens with zero attached hydrogens (tertiary/aromatic N) is 2. The van der Waals surface area contributed by atoms with Crippen molar-refractivity contribution in [2.75, 3.05) is 13.1 Å². The van der Waals surface area contributed by atoms with Gasteiger partial charge in [-0.1, -0.05) is 19.9 Å². The number of pyridine rings is 1. The highest BCUT2D eigenvalue weighted by Crippen LogP contribution is 2.25. The van der Waals surface area contributed by atoms with E-state index < -0.39 is 5.97 Å². The maximum atomic E-state index is 12.4. The van der Waals surface area contributed by atoms with Gasteiger partial charge in [-0.2, -0.15) is 11.8 Å². The summed E-state index contributed by atoms with van der Waals surface area (Å²) in [5, 5.41) is 9.42. The monoisotopic (exact) mass is 306 g/mol. The number of carboxylic acid groups (broad SMARTS) is 1. The van der Waals surface area contributed by atoms with Gasteiger partial charge in [-0.25, -0.2) is 4.79 Å². The van der Waals surface area contributed by atoms with Gasteiger partial charge in [0.2, 0.25) is 0 Å². The van der Waals surface area contributed by atoms with Gasteiger partial charge in [-0.15, -0.1) is 0 Å². The molecular formula is C15H18N2O3S. The van der Waals surface area contributed by atoms with Crippen LogP contribution in [0.4, 0.5) is 0 Å². The topological polar surface area (TPSA) is 70.5 Å². The zero-order valence-electron chi connectivity index (χ0n) is 12.0. The van der Waals surface area contributed by atoms with Crippen LogP contribution in [0.15, 0.2) is 24.4 Å². The first-order chi connectivity index (χ1) is 9.95. The molecule has 2 heterocycles. The Morgan fingerprint density at radius 3 is 2.52 bits per heavy atom. The molecule has 1 fully saturated rings. The fourth-order valence-electron chi connectivity index (χ4n) is 2.30. The van der Waals surface area contributed by atoms with Crippen molar-refractivity contribution in [3.05, 3.63) is 35.7 Å². The Morgan fingerprint density at radius 2 is 2.00 bits per heavy atom. The van der Waals surface area contributed by atoms with Crippen LogP contribution in [0.3, 0.4) is 0 Å². The van der Waals surface area contributed by atoms with Gasteiger partial charge in [0.05, 0.1) is 0 Å². The second kappa shape index (κ2) is 6.76. The Bertz CT molecular complexity index is 547. The molecule has 2 atom stereocenters. The average molecular weight is 306 g/mol. The van der Waals surface area contributed by atoms with Crippen LogP contribution in [0, 0.1) is 0 Å². The fraction of sp³-hybridized carbons (Fsp3) is 0.400. The zero-order valence-corrected chi connectivity index (χ0v) is 12.8. The minimum atomic E-state index is -1.01. The molecule has 1 saturated heterocycles. The molecule has 0 saturated carbocycles. The quantitative estimate of drug-likeness (QED) is 0.866. The average Bonchev–Trinajstić information content (AvgIpc) is 2.44. The number of carbonyl (C=O) groups is 2. The van der Waals surface area contributed by atoms with Crippen molar-refractivity contribution < 1.29 is 14.7 Å². The van der Waals surface area contributed by atoms with Gasteiger partial charge >= 0.3 is 5.97 Å². The van der Waals surface area contributed by atoms with Gasteiger partial charge in [0.1, 0.15) is 5.69 Å². The van der Waals surface area contributed by atoms with E-state index in [9.17, 15) is 9.59 Å². The van der Waals surface area contributed by atoms with E-state index in [0.29, 0.717) is 21.8 Å². The second-order valence-corrected chi connectivity index (χ2v) is 7.00. The Morgan fingerprint density at radius 1 is 1.33 bits per heavy atom. The highest BCUT2D eigenvalue weighted by Gasteiger charge is 2.26. The minimum Gasteiger partial charge on any atom is -0.478 e. The molecule has 2 rings (SSSR count). The van der Waals surface area contributed by atoms with E-state index in [2.05, 4.69) is 18.8 Å². The van der Waals surface area contributed by atoms with Gasteiger partial charge in [-0.05, 0) is 17.7 Å². The van der Waals surface area contributed by atoms with Crippen LogP contribution >= 0.6 is 11.8 Å². The fourth-order valence-corrected chi connectivity index (χ4v) is 3.63. The first-order valence-electron chi connectivity index (χ1n) is 6.77. The number of hydrogen-bond donors (Lipinski definition) is 1. The molecule has 112 valence electrons. The smallest absolute Gasteiger partial charge is 0.328 e. The van der Waals surface area contributed by atoms with Crippen LogP contribution in [-0.2, 0) is 4.79 Å². The molecule has 1 aliphatic heterocycles. The lowest BCUT2D eigenvalue weighted by Gasteiger charge is -2.34. The molecule has 6 heteroatoms. The van der Waals surface area contributed by atoms with Gasteiger partial charge in [0.15, 0.2) is 0 Å². The minimum absolute atomic E-state index is 0.0669. The number of hydrogen-bond acceptors (Lipinski definition) is 4. The van der Waals surface area contributed by atoms with Crippen LogP contribution in [-0.4, -0.2) is 50.5 Å². The number of rotatable bonds is 3. The number of aromatic nitrogens is 1. The summed E-state index contributed by atoms with van der Waals surface area (Å²) in [6.07, 6.45) is 4.01. The summed E-state index contributed by atoms with van der Waals surface area (Å²) in [7, 11) is 0. The third-order valence-electron chi connectivity index (χ3n) is 3.13. The van der Waals surface area contributed by atoms with Crippen molar-refractivity contribution in [1.29, 1.82) is 0 Å². The molecular weight excluding hydrogens is 288 g/mol. The van der Waals surface area contributed by atoms with E-state index in [4.69, 9.17) is 5.11 Å². The van der Waals surface area contributed by atoms with Crippen LogP contribution < -0.4 is 0 Å². The molecule has 0 radical (unpaired) electrons. The Kier molecular flexibility index (Phi) is 5.01. The van der Waals surface area contributed by atoms with Crippen molar-refractivity contribution in [3.8, 4) is 0 Å². The Hall–Kier alpha value is -1.82. The largest absolute Gasteiger partial charge is 0.478 e. The maximum absolute atomic E-state index is 12.4. The molecule has 0 bridgehead atoms. The number of carbonyl (C=O) groups excluding carboxylic acids is 1. The van der Waals surface area contributed by atoms with Crippen molar-refractivity contribution in [1.82, 2.24) is 9.88 Å². The molecule has 1 aromatic rings. The molecule has 5 nitrogen and oxygen atoms in total. The van der Waals surface area contributed by atoms with E-state index in [1.54, 1.807) is 12.1 Å². The van der Waals surface area contributed by atoms with E-state index in [1.807, 2.05) is 16.7 Å². The van der Waals surface area contributed by atoms with Crippen LogP contribution in [0.5, 0.6) is 0 Å². The number of thioether (sulfide) groups is 1. The van der Waals surface area contributed by atoms with Gasteiger partial charge < -0.3 is 10.0 Å². The molecule has 0 spiro atoms. The third kappa shape index (κ3) is 4.32. The summed E-state index contributed by atoms with van der Waals surface area (Å²) < 4.78 is 0.